The molecule has 0 saturated carbocycles. The van der Waals surface area contributed by atoms with Gasteiger partial charge in [0.05, 0.1) is 62.6 Å². The summed E-state index contributed by atoms with van der Waals surface area (Å²) in [5.41, 5.74) is 6.63. The third-order valence-corrected chi connectivity index (χ3v) is 10.3. The number of hydrogen-bond acceptors (Lipinski definition) is 7. The van der Waals surface area contributed by atoms with Gasteiger partial charge in [0.15, 0.2) is 0 Å². The predicted molar refractivity (Wildman–Crippen MR) is 193 cm³/mol. The highest BCUT2D eigenvalue weighted by molar-refractivity contribution is 5.86. The fraction of sp³-hybridized carbons (Fsp3) is 0.447. The van der Waals surface area contributed by atoms with Gasteiger partial charge in [-0.25, -0.2) is 32.3 Å². The first-order chi connectivity index (χ1) is 25.5. The Balaban J connectivity index is 1.20. The Kier molecular flexibility index (Phi) is 10.6. The van der Waals surface area contributed by atoms with Crippen LogP contribution in [0.3, 0.4) is 0 Å². The third-order valence-electron chi connectivity index (χ3n) is 10.3. The summed E-state index contributed by atoms with van der Waals surface area (Å²) in [5.74, 6) is -7.09. The molecule has 0 bridgehead atoms. The summed E-state index contributed by atoms with van der Waals surface area (Å²) in [6, 6.07) is 8.62. The number of nitrogens with zero attached hydrogens (tertiary/aromatic N) is 4. The van der Waals surface area contributed by atoms with E-state index in [9.17, 15) is 31.9 Å². The Labute approximate surface area is 310 Å². The molecule has 2 unspecified atom stereocenters. The van der Waals surface area contributed by atoms with Gasteiger partial charge >= 0.3 is 6.09 Å². The second-order valence-electron chi connectivity index (χ2n) is 14.4. The van der Waals surface area contributed by atoms with Crippen molar-refractivity contribution in [1.29, 1.82) is 0 Å². The van der Waals surface area contributed by atoms with Crippen molar-refractivity contribution < 1.29 is 36.7 Å². The number of carbonyl (C=O) groups is 3. The summed E-state index contributed by atoms with van der Waals surface area (Å²) in [7, 11) is 2.75. The van der Waals surface area contributed by atoms with Gasteiger partial charge in [-0.1, -0.05) is 50.2 Å². The minimum Gasteiger partial charge on any atom is -0.453 e. The van der Waals surface area contributed by atoms with Crippen molar-refractivity contribution in [3.8, 4) is 33.6 Å². The number of nitrogens with one attached hydrogen (secondary N) is 4. The predicted octanol–water partition coefficient (Wildman–Crippen LogP) is 6.17. The molecule has 2 saturated heterocycles. The van der Waals surface area contributed by atoms with E-state index in [1.54, 1.807) is 33.3 Å². The first-order valence-corrected chi connectivity index (χ1v) is 17.7. The summed E-state index contributed by atoms with van der Waals surface area (Å²) < 4.78 is 63.0. The molecule has 3 atom stereocenters. The van der Waals surface area contributed by atoms with E-state index in [2.05, 4.69) is 35.3 Å². The molecule has 4 aromatic rings. The number of methoxy groups -OCH3 is 1. The molecule has 12 nitrogen and oxygen atoms in total. The average molecular weight is 753 g/mol. The SMILES string of the molecule is CNCC(=O)N1CC(F)(F)CC1c1ncc(-c2ccc(-c3ccc(-c4cnc([C@@H]5CC(F)(F)CN5C(=O)C(NC(=O)OC)C(C)C)[nH]4)c(C)c3C)cc2)[nH]1. The van der Waals surface area contributed by atoms with E-state index in [0.29, 0.717) is 17.2 Å². The van der Waals surface area contributed by atoms with E-state index in [1.807, 2.05) is 50.2 Å². The molecule has 2 aliphatic heterocycles. The summed E-state index contributed by atoms with van der Waals surface area (Å²) in [6.45, 7) is 5.85. The van der Waals surface area contributed by atoms with Gasteiger partial charge in [0.25, 0.3) is 11.8 Å². The second kappa shape index (κ2) is 14.9. The Morgan fingerprint density at radius 2 is 1.35 bits per heavy atom. The number of likely N-dealkylation sites (tertiary alicyclic amines) is 2. The van der Waals surface area contributed by atoms with Crippen LogP contribution >= 0.6 is 0 Å². The molecule has 6 rings (SSSR count). The fourth-order valence-electron chi connectivity index (χ4n) is 7.30. The number of ether oxygens (including phenoxy) is 1. The van der Waals surface area contributed by atoms with Crippen LogP contribution in [0.1, 0.15) is 61.5 Å². The van der Waals surface area contributed by atoms with Crippen molar-refractivity contribution in [2.45, 2.75) is 70.5 Å². The number of alkyl carbamates (subject to hydrolysis) is 1. The zero-order valence-electron chi connectivity index (χ0n) is 30.9. The average Bonchev–Trinajstić information content (AvgIpc) is 3.93. The van der Waals surface area contributed by atoms with Gasteiger partial charge in [0.1, 0.15) is 17.7 Å². The zero-order chi connectivity index (χ0) is 39.1. The number of amides is 3. The number of imidazole rings is 2. The van der Waals surface area contributed by atoms with Gasteiger partial charge < -0.3 is 35.1 Å². The Hall–Kier alpha value is -5.25. The number of H-pyrrole nitrogens is 2. The number of halogens is 4. The minimum absolute atomic E-state index is 0.0504. The van der Waals surface area contributed by atoms with E-state index in [1.165, 1.54) is 4.90 Å². The van der Waals surface area contributed by atoms with E-state index < -0.39 is 73.8 Å². The van der Waals surface area contributed by atoms with Crippen molar-refractivity contribution in [1.82, 2.24) is 40.4 Å². The molecule has 2 aromatic heterocycles. The molecule has 4 heterocycles. The standard InChI is InChI=1S/C38H44F4N8O4/c1-20(2)32(48-36(53)54-6)35(52)50-19-38(41,42)14-30(50)34-45-16-28(47-34)26-12-11-25(21(3)22(26)4)23-7-9-24(10-8-23)27-15-44-33(46-27)29-13-37(39,40)18-49(29)31(51)17-43-5/h7-12,15-16,20,29-30,32,43H,13-14,17-19H2,1-6H3,(H,44,46)(H,45,47)(H,48,53)/t29?,30-,32?/m0/s1. The topological polar surface area (TPSA) is 148 Å². The maximum absolute atomic E-state index is 14.8. The molecule has 16 heteroatoms. The van der Waals surface area contributed by atoms with Gasteiger partial charge in [-0.05, 0) is 54.6 Å². The van der Waals surface area contributed by atoms with Crippen molar-refractivity contribution in [3.63, 3.8) is 0 Å². The number of rotatable bonds is 10. The summed E-state index contributed by atoms with van der Waals surface area (Å²) in [4.78, 5) is 55.4. The van der Waals surface area contributed by atoms with E-state index in [4.69, 9.17) is 0 Å². The normalized spacial score (nSPS) is 19.7. The molecule has 2 aromatic carbocycles. The molecule has 0 aliphatic carbocycles. The second-order valence-corrected chi connectivity index (χ2v) is 14.4. The Bertz CT molecular complexity index is 2030. The number of aromatic nitrogens is 4. The maximum atomic E-state index is 14.8. The largest absolute Gasteiger partial charge is 0.453 e. The molecule has 2 aliphatic rings. The molecule has 0 spiro atoms. The summed E-state index contributed by atoms with van der Waals surface area (Å²) in [5, 5.41) is 5.19. The number of likely N-dealkylation sites (N-methyl/N-ethyl adjacent to an activating group) is 1. The van der Waals surface area contributed by atoms with Crippen LogP contribution in [0.5, 0.6) is 0 Å². The van der Waals surface area contributed by atoms with E-state index in [0.717, 1.165) is 45.4 Å². The lowest BCUT2D eigenvalue weighted by molar-refractivity contribution is -0.136. The Morgan fingerprint density at radius 3 is 1.94 bits per heavy atom. The first kappa shape index (κ1) is 38.5. The summed E-state index contributed by atoms with van der Waals surface area (Å²) >= 11 is 0. The van der Waals surface area contributed by atoms with Crippen LogP contribution in [0, 0.1) is 19.8 Å². The van der Waals surface area contributed by atoms with Crippen molar-refractivity contribution in [2.24, 2.45) is 5.92 Å². The fourth-order valence-corrected chi connectivity index (χ4v) is 7.30. The summed E-state index contributed by atoms with van der Waals surface area (Å²) in [6.07, 6.45) is 1.19. The van der Waals surface area contributed by atoms with E-state index >= 15 is 0 Å². The third kappa shape index (κ3) is 7.70. The highest BCUT2D eigenvalue weighted by Gasteiger charge is 2.51. The van der Waals surface area contributed by atoms with Gasteiger partial charge in [-0.3, -0.25) is 9.59 Å². The number of hydrogen-bond donors (Lipinski definition) is 4. The van der Waals surface area contributed by atoms with Crippen LogP contribution < -0.4 is 10.6 Å². The Morgan fingerprint density at radius 1 is 0.833 bits per heavy atom. The van der Waals surface area contributed by atoms with Gasteiger partial charge in [-0.15, -0.1) is 0 Å². The molecular weight excluding hydrogens is 708 g/mol. The first-order valence-electron chi connectivity index (χ1n) is 17.7. The zero-order valence-corrected chi connectivity index (χ0v) is 30.9. The lowest BCUT2D eigenvalue weighted by Crippen LogP contribution is -2.51. The number of aromatic amines is 2. The molecule has 0 radical (unpaired) electrons. The highest BCUT2D eigenvalue weighted by atomic mass is 19.3. The molecule has 54 heavy (non-hydrogen) atoms. The molecule has 4 N–H and O–H groups in total. The smallest absolute Gasteiger partial charge is 0.407 e. The van der Waals surface area contributed by atoms with Gasteiger partial charge in [0, 0.05) is 18.4 Å². The van der Waals surface area contributed by atoms with Crippen LogP contribution in [0.2, 0.25) is 0 Å². The number of carbonyl (C=O) groups excluding carboxylic acids is 3. The lowest BCUT2D eigenvalue weighted by Gasteiger charge is -2.29. The van der Waals surface area contributed by atoms with Crippen LogP contribution in [0.4, 0.5) is 22.4 Å². The van der Waals surface area contributed by atoms with Gasteiger partial charge in [0.2, 0.25) is 11.8 Å². The maximum Gasteiger partial charge on any atom is 0.407 e. The minimum atomic E-state index is -3.15. The van der Waals surface area contributed by atoms with Crippen LogP contribution in [-0.4, -0.2) is 99.3 Å². The molecule has 2 fully saturated rings. The molecule has 288 valence electrons. The highest BCUT2D eigenvalue weighted by Crippen LogP contribution is 2.43. The van der Waals surface area contributed by atoms with Crippen LogP contribution in [0.25, 0.3) is 33.6 Å². The van der Waals surface area contributed by atoms with Crippen LogP contribution in [-0.2, 0) is 14.3 Å². The quantitative estimate of drug-likeness (QED) is 0.142. The van der Waals surface area contributed by atoms with Crippen molar-refractivity contribution in [2.75, 3.05) is 33.8 Å². The van der Waals surface area contributed by atoms with Crippen molar-refractivity contribution >= 4 is 17.9 Å². The monoisotopic (exact) mass is 752 g/mol. The number of benzene rings is 2. The number of alkyl halides is 4. The van der Waals surface area contributed by atoms with E-state index in [-0.39, 0.29) is 18.3 Å². The van der Waals surface area contributed by atoms with Crippen molar-refractivity contribution in [3.05, 3.63) is 71.6 Å². The molecular formula is C38H44F4N8O4. The molecule has 3 amide bonds. The lowest BCUT2D eigenvalue weighted by atomic mass is 9.92. The van der Waals surface area contributed by atoms with Crippen LogP contribution in [0.15, 0.2) is 48.8 Å². The van der Waals surface area contributed by atoms with Gasteiger partial charge in [-0.2, -0.15) is 0 Å².